The van der Waals surface area contributed by atoms with Gasteiger partial charge in [-0.25, -0.2) is 15.0 Å². The van der Waals surface area contributed by atoms with Gasteiger partial charge in [0.05, 0.1) is 12.0 Å². The molecule has 18 heavy (non-hydrogen) atoms. The molecule has 3 aromatic heterocycles. The number of aromatic amines is 1. The summed E-state index contributed by atoms with van der Waals surface area (Å²) in [7, 11) is 0. The van der Waals surface area contributed by atoms with Crippen LogP contribution in [0.2, 0.25) is 5.15 Å². The number of rotatable bonds is 3. The highest BCUT2D eigenvalue weighted by Gasteiger charge is 2.07. The lowest BCUT2D eigenvalue weighted by atomic mass is 10.4. The first-order valence-corrected chi connectivity index (χ1v) is 6.44. The highest BCUT2D eigenvalue weighted by atomic mass is 35.5. The molecule has 0 saturated heterocycles. The Balaban J connectivity index is 1.80. The van der Waals surface area contributed by atoms with E-state index in [2.05, 4.69) is 30.1 Å². The van der Waals surface area contributed by atoms with Gasteiger partial charge in [-0.1, -0.05) is 23.4 Å². The Morgan fingerprint density at radius 2 is 2.11 bits per heavy atom. The summed E-state index contributed by atoms with van der Waals surface area (Å²) < 4.78 is 0. The number of nitrogens with zero attached hydrogens (tertiary/aromatic N) is 5. The van der Waals surface area contributed by atoms with Crippen LogP contribution in [0.4, 0.5) is 0 Å². The third-order valence-electron chi connectivity index (χ3n) is 2.23. The van der Waals surface area contributed by atoms with E-state index in [9.17, 15) is 0 Å². The quantitative estimate of drug-likeness (QED) is 0.584. The van der Waals surface area contributed by atoms with Crippen molar-refractivity contribution in [3.05, 3.63) is 35.6 Å². The lowest BCUT2D eigenvalue weighted by molar-refractivity contribution is 0.970. The molecule has 90 valence electrons. The lowest BCUT2D eigenvalue weighted by Gasteiger charge is -2.00. The van der Waals surface area contributed by atoms with Gasteiger partial charge in [-0.3, -0.25) is 0 Å². The topological polar surface area (TPSA) is 80.2 Å². The van der Waals surface area contributed by atoms with E-state index in [-0.39, 0.29) is 0 Å². The maximum Gasteiger partial charge on any atom is 0.181 e. The van der Waals surface area contributed by atoms with Crippen LogP contribution in [0.1, 0.15) is 5.69 Å². The second-order valence-electron chi connectivity index (χ2n) is 3.42. The fourth-order valence-corrected chi connectivity index (χ4v) is 2.37. The Kier molecular flexibility index (Phi) is 3.07. The number of fused-ring (bicyclic) bond motifs is 1. The number of aromatic nitrogens is 6. The molecular weight excluding hydrogens is 272 g/mol. The van der Waals surface area contributed by atoms with Crippen LogP contribution in [-0.4, -0.2) is 30.1 Å². The van der Waals surface area contributed by atoms with Gasteiger partial charge in [-0.2, -0.15) is 5.10 Å². The molecule has 3 rings (SSSR count). The Labute approximate surface area is 111 Å². The van der Waals surface area contributed by atoms with Crippen LogP contribution in [0.5, 0.6) is 0 Å². The summed E-state index contributed by atoms with van der Waals surface area (Å²) in [6, 6.07) is 3.56. The SMILES string of the molecule is Clc1ccc(CSc2ncnc3nc[nH]c23)nn1. The summed E-state index contributed by atoms with van der Waals surface area (Å²) in [4.78, 5) is 15.4. The predicted octanol–water partition coefficient (Wildman–Crippen LogP) is 2.09. The third kappa shape index (κ3) is 2.27. The summed E-state index contributed by atoms with van der Waals surface area (Å²) in [5.41, 5.74) is 2.34. The minimum Gasteiger partial charge on any atom is -0.341 e. The van der Waals surface area contributed by atoms with Gasteiger partial charge < -0.3 is 4.98 Å². The largest absolute Gasteiger partial charge is 0.341 e. The van der Waals surface area contributed by atoms with Crippen molar-refractivity contribution in [1.82, 2.24) is 30.1 Å². The number of hydrogen-bond donors (Lipinski definition) is 1. The summed E-state index contributed by atoms with van der Waals surface area (Å²) in [6.07, 6.45) is 3.10. The first-order valence-electron chi connectivity index (χ1n) is 5.08. The lowest BCUT2D eigenvalue weighted by Crippen LogP contribution is -1.91. The zero-order valence-corrected chi connectivity index (χ0v) is 10.6. The van der Waals surface area contributed by atoms with Gasteiger partial charge in [0.2, 0.25) is 0 Å². The van der Waals surface area contributed by atoms with Crippen LogP contribution in [0.25, 0.3) is 11.2 Å². The van der Waals surface area contributed by atoms with Gasteiger partial charge in [0.25, 0.3) is 0 Å². The van der Waals surface area contributed by atoms with E-state index in [1.807, 2.05) is 6.07 Å². The number of thioether (sulfide) groups is 1. The molecule has 0 aliphatic carbocycles. The van der Waals surface area contributed by atoms with E-state index in [0.717, 1.165) is 16.2 Å². The molecule has 0 fully saturated rings. The standard InChI is InChI=1S/C10H7ClN6S/c11-7-2-1-6(16-17-7)3-18-10-8-9(13-4-12-8)14-5-15-10/h1-2,4-5H,3H2,(H,12,13,14,15). The Morgan fingerprint density at radius 3 is 2.94 bits per heavy atom. The first-order chi connectivity index (χ1) is 8.83. The fourth-order valence-electron chi connectivity index (χ4n) is 1.42. The van der Waals surface area contributed by atoms with Crippen LogP contribution in [0.15, 0.2) is 29.8 Å². The maximum absolute atomic E-state index is 5.68. The Morgan fingerprint density at radius 1 is 1.17 bits per heavy atom. The number of imidazole rings is 1. The molecule has 0 saturated carbocycles. The van der Waals surface area contributed by atoms with Gasteiger partial charge in [0.1, 0.15) is 16.9 Å². The first kappa shape index (κ1) is 11.4. The summed E-state index contributed by atoms with van der Waals surface area (Å²) in [5.74, 6) is 0.662. The second kappa shape index (κ2) is 4.87. The molecule has 0 atom stereocenters. The summed E-state index contributed by atoms with van der Waals surface area (Å²) >= 11 is 7.22. The zero-order chi connectivity index (χ0) is 12.4. The van der Waals surface area contributed by atoms with Crippen molar-refractivity contribution < 1.29 is 0 Å². The van der Waals surface area contributed by atoms with E-state index in [1.165, 1.54) is 6.33 Å². The molecule has 6 nitrogen and oxygen atoms in total. The smallest absolute Gasteiger partial charge is 0.181 e. The molecule has 0 radical (unpaired) electrons. The molecule has 0 spiro atoms. The van der Waals surface area contributed by atoms with Crippen LogP contribution in [0, 0.1) is 0 Å². The van der Waals surface area contributed by atoms with Gasteiger partial charge in [0.15, 0.2) is 10.8 Å². The average Bonchev–Trinajstić information content (AvgIpc) is 2.87. The van der Waals surface area contributed by atoms with E-state index in [1.54, 1.807) is 24.2 Å². The second-order valence-corrected chi connectivity index (χ2v) is 4.77. The molecule has 0 bridgehead atoms. The average molecular weight is 279 g/mol. The van der Waals surface area contributed by atoms with Gasteiger partial charge in [0, 0.05) is 5.75 Å². The van der Waals surface area contributed by atoms with Crippen molar-refractivity contribution in [1.29, 1.82) is 0 Å². The van der Waals surface area contributed by atoms with Crippen LogP contribution < -0.4 is 0 Å². The fraction of sp³-hybridized carbons (Fsp3) is 0.100. The molecule has 0 unspecified atom stereocenters. The Hall–Kier alpha value is -1.73. The normalized spacial score (nSPS) is 10.9. The van der Waals surface area contributed by atoms with Gasteiger partial charge >= 0.3 is 0 Å². The third-order valence-corrected chi connectivity index (χ3v) is 3.46. The molecule has 0 aliphatic rings. The number of H-pyrrole nitrogens is 1. The molecule has 3 aromatic rings. The van der Waals surface area contributed by atoms with Crippen molar-refractivity contribution >= 4 is 34.5 Å². The highest BCUT2D eigenvalue weighted by Crippen LogP contribution is 2.24. The minimum atomic E-state index is 0.391. The van der Waals surface area contributed by atoms with Crippen molar-refractivity contribution in [3.63, 3.8) is 0 Å². The number of hydrogen-bond acceptors (Lipinski definition) is 6. The van der Waals surface area contributed by atoms with Crippen molar-refractivity contribution in [3.8, 4) is 0 Å². The van der Waals surface area contributed by atoms with Crippen molar-refractivity contribution in [2.75, 3.05) is 0 Å². The molecule has 1 N–H and O–H groups in total. The predicted molar refractivity (Wildman–Crippen MR) is 68.3 cm³/mol. The Bertz CT molecular complexity index is 667. The van der Waals surface area contributed by atoms with E-state index >= 15 is 0 Å². The number of halogens is 1. The van der Waals surface area contributed by atoms with E-state index < -0.39 is 0 Å². The van der Waals surface area contributed by atoms with E-state index in [0.29, 0.717) is 16.6 Å². The monoisotopic (exact) mass is 278 g/mol. The summed E-state index contributed by atoms with van der Waals surface area (Å²) in [5, 5.41) is 9.01. The maximum atomic E-state index is 5.68. The molecular formula is C10H7ClN6S. The molecule has 3 heterocycles. The van der Waals surface area contributed by atoms with Crippen LogP contribution >= 0.6 is 23.4 Å². The molecule has 0 amide bonds. The molecule has 0 aliphatic heterocycles. The number of nitrogens with one attached hydrogen (secondary N) is 1. The highest BCUT2D eigenvalue weighted by molar-refractivity contribution is 7.98. The molecule has 8 heteroatoms. The van der Waals surface area contributed by atoms with Gasteiger partial charge in [-0.15, -0.1) is 5.10 Å². The van der Waals surface area contributed by atoms with Crippen LogP contribution in [-0.2, 0) is 5.75 Å². The van der Waals surface area contributed by atoms with Crippen molar-refractivity contribution in [2.45, 2.75) is 10.8 Å². The zero-order valence-electron chi connectivity index (χ0n) is 9.04. The van der Waals surface area contributed by atoms with Crippen molar-refractivity contribution in [2.24, 2.45) is 0 Å². The molecule has 0 aromatic carbocycles. The minimum absolute atomic E-state index is 0.391. The van der Waals surface area contributed by atoms with Crippen LogP contribution in [0.3, 0.4) is 0 Å². The van der Waals surface area contributed by atoms with Gasteiger partial charge in [-0.05, 0) is 12.1 Å². The van der Waals surface area contributed by atoms with E-state index in [4.69, 9.17) is 11.6 Å². The summed E-state index contributed by atoms with van der Waals surface area (Å²) in [6.45, 7) is 0.